The molecule has 124 valence electrons. The minimum Gasteiger partial charge on any atom is -0.395 e. The molecule has 0 saturated heterocycles. The van der Waals surface area contributed by atoms with E-state index in [-0.39, 0.29) is 18.6 Å². The molecule has 23 heavy (non-hydrogen) atoms. The van der Waals surface area contributed by atoms with Crippen LogP contribution in [0.25, 0.3) is 0 Å². The van der Waals surface area contributed by atoms with E-state index in [2.05, 4.69) is 15.5 Å². The number of hydrogen-bond donors (Lipinski definition) is 2. The van der Waals surface area contributed by atoms with Gasteiger partial charge >= 0.3 is 0 Å². The molecule has 0 bridgehead atoms. The van der Waals surface area contributed by atoms with E-state index < -0.39 is 0 Å². The summed E-state index contributed by atoms with van der Waals surface area (Å²) in [5.41, 5.74) is 1.50. The fourth-order valence-electron chi connectivity index (χ4n) is 2.18. The van der Waals surface area contributed by atoms with E-state index >= 15 is 0 Å². The van der Waals surface area contributed by atoms with Crippen molar-refractivity contribution < 1.29 is 14.4 Å². The Morgan fingerprint density at radius 2 is 2.09 bits per heavy atom. The van der Waals surface area contributed by atoms with Crippen molar-refractivity contribution in [2.75, 3.05) is 25.1 Å². The van der Waals surface area contributed by atoms with Gasteiger partial charge in [0.25, 0.3) is 5.91 Å². The van der Waals surface area contributed by atoms with Crippen molar-refractivity contribution >= 4 is 11.6 Å². The van der Waals surface area contributed by atoms with Crippen molar-refractivity contribution in [3.63, 3.8) is 0 Å². The highest BCUT2D eigenvalue weighted by atomic mass is 16.5. The van der Waals surface area contributed by atoms with Crippen LogP contribution >= 0.6 is 0 Å². The van der Waals surface area contributed by atoms with Gasteiger partial charge in [-0.25, -0.2) is 0 Å². The molecule has 0 radical (unpaired) electrons. The Balaban J connectivity index is 2.05. The lowest BCUT2D eigenvalue weighted by molar-refractivity contribution is 0.0927. The van der Waals surface area contributed by atoms with Gasteiger partial charge in [0.05, 0.1) is 6.61 Å². The lowest BCUT2D eigenvalue weighted by Gasteiger charge is -2.18. The van der Waals surface area contributed by atoms with E-state index in [9.17, 15) is 4.79 Å². The third-order valence-electron chi connectivity index (χ3n) is 3.56. The monoisotopic (exact) mass is 318 g/mol. The Labute approximate surface area is 135 Å². The van der Waals surface area contributed by atoms with Gasteiger partial charge in [0, 0.05) is 24.8 Å². The first-order valence-electron chi connectivity index (χ1n) is 7.58. The SMILES string of the molecule is CC[C@H](NC(=O)c1ccc(N(C)CCO)cc1)c1nc(C)no1. The second kappa shape index (κ2) is 7.73. The van der Waals surface area contributed by atoms with E-state index in [1.165, 1.54) is 0 Å². The summed E-state index contributed by atoms with van der Waals surface area (Å²) >= 11 is 0. The molecule has 0 aliphatic heterocycles. The predicted octanol–water partition coefficient (Wildman–Crippen LogP) is 1.69. The van der Waals surface area contributed by atoms with E-state index in [0.717, 1.165) is 5.69 Å². The topological polar surface area (TPSA) is 91.5 Å². The number of carbonyl (C=O) groups excluding carboxylic acids is 1. The molecule has 7 heteroatoms. The highest BCUT2D eigenvalue weighted by Gasteiger charge is 2.19. The first-order valence-corrected chi connectivity index (χ1v) is 7.58. The average Bonchev–Trinajstić information content (AvgIpc) is 2.99. The molecule has 0 aliphatic carbocycles. The quantitative estimate of drug-likeness (QED) is 0.807. The number of anilines is 1. The first kappa shape index (κ1) is 17.0. The number of rotatable bonds is 7. The van der Waals surface area contributed by atoms with Crippen molar-refractivity contribution in [1.29, 1.82) is 0 Å². The van der Waals surface area contributed by atoms with Crippen LogP contribution in [0.4, 0.5) is 5.69 Å². The summed E-state index contributed by atoms with van der Waals surface area (Å²) in [6.45, 7) is 4.31. The molecule has 1 atom stereocenters. The van der Waals surface area contributed by atoms with Crippen LogP contribution in [0.1, 0.15) is 41.5 Å². The summed E-state index contributed by atoms with van der Waals surface area (Å²) in [6, 6.07) is 6.90. The first-order chi connectivity index (χ1) is 11.0. The number of hydrogen-bond acceptors (Lipinski definition) is 6. The number of benzene rings is 1. The highest BCUT2D eigenvalue weighted by Crippen LogP contribution is 2.17. The van der Waals surface area contributed by atoms with Crippen LogP contribution < -0.4 is 10.2 Å². The zero-order valence-electron chi connectivity index (χ0n) is 13.6. The Morgan fingerprint density at radius 3 is 2.61 bits per heavy atom. The molecule has 0 fully saturated rings. The molecule has 0 aliphatic rings. The minimum atomic E-state index is -0.305. The van der Waals surface area contributed by atoms with Crippen LogP contribution in [0, 0.1) is 6.92 Å². The summed E-state index contributed by atoms with van der Waals surface area (Å²) in [6.07, 6.45) is 0.657. The number of aromatic nitrogens is 2. The Hall–Kier alpha value is -2.41. The predicted molar refractivity (Wildman–Crippen MR) is 86.3 cm³/mol. The summed E-state index contributed by atoms with van der Waals surface area (Å²) in [4.78, 5) is 18.4. The van der Waals surface area contributed by atoms with Crippen molar-refractivity contribution in [1.82, 2.24) is 15.5 Å². The molecule has 7 nitrogen and oxygen atoms in total. The molecule has 1 heterocycles. The van der Waals surface area contributed by atoms with Crippen LogP contribution in [0.3, 0.4) is 0 Å². The molecule has 1 amide bonds. The van der Waals surface area contributed by atoms with Gasteiger partial charge in [0.1, 0.15) is 6.04 Å². The molecule has 2 rings (SSSR count). The fourth-order valence-corrected chi connectivity index (χ4v) is 2.18. The van der Waals surface area contributed by atoms with Gasteiger partial charge in [-0.15, -0.1) is 0 Å². The number of aliphatic hydroxyl groups is 1. The van der Waals surface area contributed by atoms with Crippen molar-refractivity contribution in [2.45, 2.75) is 26.3 Å². The van der Waals surface area contributed by atoms with E-state index in [4.69, 9.17) is 9.63 Å². The van der Waals surface area contributed by atoms with Crippen LogP contribution in [-0.4, -0.2) is 41.4 Å². The van der Waals surface area contributed by atoms with Crippen LogP contribution in [-0.2, 0) is 0 Å². The van der Waals surface area contributed by atoms with Gasteiger partial charge in [-0.3, -0.25) is 4.79 Å². The van der Waals surface area contributed by atoms with Gasteiger partial charge in [-0.1, -0.05) is 12.1 Å². The molecule has 0 saturated carbocycles. The second-order valence-corrected chi connectivity index (χ2v) is 5.31. The largest absolute Gasteiger partial charge is 0.395 e. The standard InChI is InChI=1S/C16H22N4O3/c1-4-14(16-17-11(2)19-23-16)18-15(22)12-5-7-13(8-6-12)20(3)9-10-21/h5-8,14,21H,4,9-10H2,1-3H3,(H,18,22)/t14-/m0/s1. The fraction of sp³-hybridized carbons (Fsp3) is 0.438. The average molecular weight is 318 g/mol. The molecule has 0 spiro atoms. The number of amides is 1. The Kier molecular flexibility index (Phi) is 5.70. The van der Waals surface area contributed by atoms with Crippen molar-refractivity contribution in [3.05, 3.63) is 41.5 Å². The highest BCUT2D eigenvalue weighted by molar-refractivity contribution is 5.94. The smallest absolute Gasteiger partial charge is 0.251 e. The second-order valence-electron chi connectivity index (χ2n) is 5.31. The lowest BCUT2D eigenvalue weighted by Crippen LogP contribution is -2.28. The maximum Gasteiger partial charge on any atom is 0.251 e. The van der Waals surface area contributed by atoms with Crippen molar-refractivity contribution in [3.8, 4) is 0 Å². The van der Waals surface area contributed by atoms with Crippen LogP contribution in [0.15, 0.2) is 28.8 Å². The van der Waals surface area contributed by atoms with Crippen molar-refractivity contribution in [2.24, 2.45) is 0 Å². The minimum absolute atomic E-state index is 0.0838. The van der Waals surface area contributed by atoms with Gasteiger partial charge in [-0.05, 0) is 37.6 Å². The van der Waals surface area contributed by atoms with Crippen LogP contribution in [0.5, 0.6) is 0 Å². The van der Waals surface area contributed by atoms with E-state index in [1.54, 1.807) is 19.1 Å². The number of carbonyl (C=O) groups is 1. The van der Waals surface area contributed by atoms with Gasteiger partial charge in [0.2, 0.25) is 5.89 Å². The van der Waals surface area contributed by atoms with Crippen LogP contribution in [0.2, 0.25) is 0 Å². The molecule has 2 aromatic rings. The maximum atomic E-state index is 12.3. The molecular weight excluding hydrogens is 296 g/mol. The lowest BCUT2D eigenvalue weighted by atomic mass is 10.1. The summed E-state index contributed by atoms with van der Waals surface area (Å²) < 4.78 is 5.13. The number of nitrogens with zero attached hydrogens (tertiary/aromatic N) is 3. The van der Waals surface area contributed by atoms with Gasteiger partial charge in [-0.2, -0.15) is 4.98 Å². The third-order valence-corrected chi connectivity index (χ3v) is 3.56. The van der Waals surface area contributed by atoms with Gasteiger partial charge in [0.15, 0.2) is 5.82 Å². The Morgan fingerprint density at radius 1 is 1.39 bits per heavy atom. The molecule has 1 aromatic carbocycles. The molecule has 2 N–H and O–H groups in total. The molecule has 0 unspecified atom stereocenters. The molecular formula is C16H22N4O3. The number of nitrogens with one attached hydrogen (secondary N) is 1. The summed E-state index contributed by atoms with van der Waals surface area (Å²) in [7, 11) is 1.89. The zero-order valence-corrected chi connectivity index (χ0v) is 13.6. The summed E-state index contributed by atoms with van der Waals surface area (Å²) in [5.74, 6) is 0.769. The number of likely N-dealkylation sites (N-methyl/N-ethyl adjacent to an activating group) is 1. The number of aryl methyl sites for hydroxylation is 1. The molecule has 1 aromatic heterocycles. The van der Waals surface area contributed by atoms with E-state index in [0.29, 0.717) is 30.2 Å². The zero-order chi connectivity index (χ0) is 16.8. The maximum absolute atomic E-state index is 12.3. The van der Waals surface area contributed by atoms with E-state index in [1.807, 2.05) is 31.0 Å². The third kappa shape index (κ3) is 4.29. The number of aliphatic hydroxyl groups excluding tert-OH is 1. The summed E-state index contributed by atoms with van der Waals surface area (Å²) in [5, 5.41) is 15.6. The normalized spacial score (nSPS) is 12.0. The Bertz CT molecular complexity index is 639. The van der Waals surface area contributed by atoms with Gasteiger partial charge < -0.3 is 19.8 Å².